The lowest BCUT2D eigenvalue weighted by Gasteiger charge is -2.44. The van der Waals surface area contributed by atoms with E-state index in [1.54, 1.807) is 53.1 Å². The molecule has 2 aliphatic rings. The summed E-state index contributed by atoms with van der Waals surface area (Å²) in [5.74, 6) is 0.365. The monoisotopic (exact) mass is 415 g/mol. The Labute approximate surface area is 171 Å². The van der Waals surface area contributed by atoms with Crippen LogP contribution in [0.1, 0.15) is 30.1 Å². The van der Waals surface area contributed by atoms with E-state index in [-0.39, 0.29) is 16.2 Å². The number of fused-ring (bicyclic) bond motifs is 1. The van der Waals surface area contributed by atoms with E-state index in [1.165, 1.54) is 0 Å². The molecule has 1 spiro atoms. The van der Waals surface area contributed by atoms with Crippen molar-refractivity contribution in [1.29, 1.82) is 0 Å². The van der Waals surface area contributed by atoms with Crippen molar-refractivity contribution >= 4 is 15.9 Å². The van der Waals surface area contributed by atoms with E-state index in [0.717, 1.165) is 0 Å². The molecule has 7 nitrogen and oxygen atoms in total. The van der Waals surface area contributed by atoms with Crippen molar-refractivity contribution in [2.24, 2.45) is 5.41 Å². The van der Waals surface area contributed by atoms with Crippen molar-refractivity contribution < 1.29 is 17.9 Å². The standard InChI is InChI=1S/C21H25N3O4S/c1-2-24-15-21(16-28-18-7-3-4-8-19(18)29(24,26)27)9-12-23(13-10-21)20(25)17-6-5-11-22-14-17/h3-8,11,14H,2,9-10,12-13,15-16H2,1H3. The number of carbonyl (C=O) groups is 1. The summed E-state index contributed by atoms with van der Waals surface area (Å²) >= 11 is 0. The van der Waals surface area contributed by atoms with Crippen molar-refractivity contribution in [2.45, 2.75) is 24.7 Å². The number of para-hydroxylation sites is 1. The summed E-state index contributed by atoms with van der Waals surface area (Å²) in [7, 11) is -3.62. The number of carbonyl (C=O) groups excluding carboxylic acids is 1. The fourth-order valence-corrected chi connectivity index (χ4v) is 5.79. The van der Waals surface area contributed by atoms with Crippen LogP contribution in [-0.4, -0.2) is 61.3 Å². The molecule has 0 radical (unpaired) electrons. The molecule has 2 aromatic rings. The van der Waals surface area contributed by atoms with Crippen LogP contribution < -0.4 is 4.74 Å². The zero-order chi connectivity index (χ0) is 20.5. The third kappa shape index (κ3) is 3.74. The first-order valence-corrected chi connectivity index (χ1v) is 11.3. The summed E-state index contributed by atoms with van der Waals surface area (Å²) in [6.07, 6.45) is 4.60. The SMILES string of the molecule is CCN1CC2(CCN(C(=O)c3cccnc3)CC2)COc2ccccc2S1(=O)=O. The molecule has 0 N–H and O–H groups in total. The molecule has 1 amide bonds. The zero-order valence-corrected chi connectivity index (χ0v) is 17.3. The quantitative estimate of drug-likeness (QED) is 0.753. The van der Waals surface area contributed by atoms with E-state index in [1.807, 2.05) is 11.8 Å². The van der Waals surface area contributed by atoms with Gasteiger partial charge in [0.2, 0.25) is 10.0 Å². The Morgan fingerprint density at radius 3 is 2.62 bits per heavy atom. The van der Waals surface area contributed by atoms with E-state index in [0.29, 0.717) is 56.9 Å². The fourth-order valence-electron chi connectivity index (χ4n) is 4.10. The van der Waals surface area contributed by atoms with E-state index in [4.69, 9.17) is 4.74 Å². The number of piperidine rings is 1. The summed E-state index contributed by atoms with van der Waals surface area (Å²) in [5, 5.41) is 0. The Kier molecular flexibility index (Phi) is 5.31. The van der Waals surface area contributed by atoms with Crippen LogP contribution in [0.3, 0.4) is 0 Å². The third-order valence-electron chi connectivity index (χ3n) is 5.89. The van der Waals surface area contributed by atoms with Gasteiger partial charge in [0.15, 0.2) is 0 Å². The van der Waals surface area contributed by atoms with Gasteiger partial charge in [-0.25, -0.2) is 8.42 Å². The van der Waals surface area contributed by atoms with Crippen LogP contribution >= 0.6 is 0 Å². The molecule has 1 saturated heterocycles. The Bertz CT molecular complexity index is 986. The first-order chi connectivity index (χ1) is 14.0. The minimum Gasteiger partial charge on any atom is -0.492 e. The van der Waals surface area contributed by atoms with Gasteiger partial charge < -0.3 is 9.64 Å². The van der Waals surface area contributed by atoms with Gasteiger partial charge in [-0.3, -0.25) is 9.78 Å². The van der Waals surface area contributed by atoms with Gasteiger partial charge in [-0.2, -0.15) is 4.31 Å². The van der Waals surface area contributed by atoms with E-state index >= 15 is 0 Å². The molecule has 0 bridgehead atoms. The molecule has 3 heterocycles. The maximum absolute atomic E-state index is 13.2. The van der Waals surface area contributed by atoms with Gasteiger partial charge in [0.25, 0.3) is 5.91 Å². The van der Waals surface area contributed by atoms with Crippen LogP contribution in [0.2, 0.25) is 0 Å². The lowest BCUT2D eigenvalue weighted by Crippen LogP contribution is -2.52. The zero-order valence-electron chi connectivity index (χ0n) is 16.5. The average Bonchev–Trinajstić information content (AvgIpc) is 2.76. The first kappa shape index (κ1) is 19.8. The summed E-state index contributed by atoms with van der Waals surface area (Å²) in [4.78, 5) is 18.8. The molecule has 1 aromatic heterocycles. The lowest BCUT2D eigenvalue weighted by molar-refractivity contribution is 0.0305. The number of benzene rings is 1. The second-order valence-corrected chi connectivity index (χ2v) is 9.61. The summed E-state index contributed by atoms with van der Waals surface area (Å²) in [5.41, 5.74) is 0.256. The number of hydrogen-bond donors (Lipinski definition) is 0. The number of hydrogen-bond acceptors (Lipinski definition) is 5. The van der Waals surface area contributed by atoms with Crippen LogP contribution in [0.5, 0.6) is 5.75 Å². The topological polar surface area (TPSA) is 79.8 Å². The van der Waals surface area contributed by atoms with Crippen molar-refractivity contribution in [1.82, 2.24) is 14.2 Å². The largest absolute Gasteiger partial charge is 0.492 e. The van der Waals surface area contributed by atoms with Gasteiger partial charge in [0, 0.05) is 44.0 Å². The van der Waals surface area contributed by atoms with Crippen molar-refractivity contribution in [3.05, 3.63) is 54.4 Å². The van der Waals surface area contributed by atoms with Crippen LogP contribution in [-0.2, 0) is 10.0 Å². The molecule has 0 atom stereocenters. The van der Waals surface area contributed by atoms with Crippen molar-refractivity contribution in [3.8, 4) is 5.75 Å². The van der Waals surface area contributed by atoms with E-state index < -0.39 is 10.0 Å². The van der Waals surface area contributed by atoms with Crippen LogP contribution in [0, 0.1) is 5.41 Å². The number of pyridine rings is 1. The Morgan fingerprint density at radius 2 is 1.93 bits per heavy atom. The molecule has 4 rings (SSSR count). The van der Waals surface area contributed by atoms with E-state index in [2.05, 4.69) is 4.98 Å². The highest BCUT2D eigenvalue weighted by molar-refractivity contribution is 7.89. The molecule has 0 aliphatic carbocycles. The molecule has 1 aromatic carbocycles. The van der Waals surface area contributed by atoms with Crippen molar-refractivity contribution in [3.63, 3.8) is 0 Å². The Morgan fingerprint density at radius 1 is 1.17 bits per heavy atom. The van der Waals surface area contributed by atoms with Crippen LogP contribution in [0.15, 0.2) is 53.7 Å². The molecule has 0 unspecified atom stereocenters. The second-order valence-electron chi connectivity index (χ2n) is 7.70. The second kappa shape index (κ2) is 7.76. The molecule has 154 valence electrons. The van der Waals surface area contributed by atoms with Crippen molar-refractivity contribution in [2.75, 3.05) is 32.8 Å². The smallest absolute Gasteiger partial charge is 0.255 e. The predicted molar refractivity (Wildman–Crippen MR) is 108 cm³/mol. The minimum absolute atomic E-state index is 0.0370. The number of nitrogens with zero attached hydrogens (tertiary/aromatic N) is 3. The maximum Gasteiger partial charge on any atom is 0.255 e. The van der Waals surface area contributed by atoms with Gasteiger partial charge in [-0.05, 0) is 37.1 Å². The lowest BCUT2D eigenvalue weighted by atomic mass is 9.78. The summed E-state index contributed by atoms with van der Waals surface area (Å²) in [6, 6.07) is 10.3. The normalized spacial score (nSPS) is 20.9. The highest BCUT2D eigenvalue weighted by Gasteiger charge is 2.43. The number of likely N-dealkylation sites (tertiary alicyclic amines) is 1. The summed E-state index contributed by atoms with van der Waals surface area (Å²) < 4.78 is 33.9. The van der Waals surface area contributed by atoms with Gasteiger partial charge in [-0.15, -0.1) is 0 Å². The first-order valence-electron chi connectivity index (χ1n) is 9.86. The number of sulfonamides is 1. The molecule has 2 aliphatic heterocycles. The molecular formula is C21H25N3O4S. The average molecular weight is 416 g/mol. The summed E-state index contributed by atoms with van der Waals surface area (Å²) in [6.45, 7) is 4.22. The van der Waals surface area contributed by atoms with E-state index in [9.17, 15) is 13.2 Å². The highest BCUT2D eigenvalue weighted by atomic mass is 32.2. The minimum atomic E-state index is -3.62. The van der Waals surface area contributed by atoms with Gasteiger partial charge >= 0.3 is 0 Å². The third-order valence-corrected chi connectivity index (χ3v) is 7.85. The predicted octanol–water partition coefficient (Wildman–Crippen LogP) is 2.41. The molecule has 8 heteroatoms. The molecule has 29 heavy (non-hydrogen) atoms. The molecule has 1 fully saturated rings. The fraction of sp³-hybridized carbons (Fsp3) is 0.429. The number of ether oxygens (including phenoxy) is 1. The molecule has 0 saturated carbocycles. The van der Waals surface area contributed by atoms with Crippen LogP contribution in [0.25, 0.3) is 0 Å². The van der Waals surface area contributed by atoms with Gasteiger partial charge in [0.05, 0.1) is 12.2 Å². The molecular weight excluding hydrogens is 390 g/mol. The van der Waals surface area contributed by atoms with Crippen LogP contribution in [0.4, 0.5) is 0 Å². The Balaban J connectivity index is 1.56. The number of aromatic nitrogens is 1. The maximum atomic E-state index is 13.2. The van der Waals surface area contributed by atoms with Gasteiger partial charge in [0.1, 0.15) is 10.6 Å². The highest BCUT2D eigenvalue weighted by Crippen LogP contribution is 2.39. The number of rotatable bonds is 2. The van der Waals surface area contributed by atoms with Gasteiger partial charge in [-0.1, -0.05) is 19.1 Å². The Hall–Kier alpha value is -2.45. The number of amides is 1.